The third-order valence-corrected chi connectivity index (χ3v) is 4.13. The number of amides is 1. The van der Waals surface area contributed by atoms with Gasteiger partial charge in [-0.05, 0) is 51.5 Å². The van der Waals surface area contributed by atoms with Crippen molar-refractivity contribution in [2.45, 2.75) is 64.6 Å². The first-order chi connectivity index (χ1) is 8.90. The van der Waals surface area contributed by atoms with Gasteiger partial charge in [-0.25, -0.2) is 4.79 Å². The molecule has 1 amide bonds. The summed E-state index contributed by atoms with van der Waals surface area (Å²) in [5.74, 6) is 2.49. The third kappa shape index (κ3) is 7.67. The molecule has 1 heterocycles. The molecule has 1 aliphatic rings. The quantitative estimate of drug-likeness (QED) is 0.817. The van der Waals surface area contributed by atoms with E-state index in [1.54, 1.807) is 0 Å². The zero-order chi connectivity index (χ0) is 14.3. The first-order valence-electron chi connectivity index (χ1n) is 7.21. The van der Waals surface area contributed by atoms with Crippen LogP contribution in [0.5, 0.6) is 0 Å². The van der Waals surface area contributed by atoms with Gasteiger partial charge in [0.05, 0.1) is 0 Å². The maximum atomic E-state index is 11.6. The average molecular weight is 288 g/mol. The van der Waals surface area contributed by atoms with Gasteiger partial charge in [-0.2, -0.15) is 11.8 Å². The van der Waals surface area contributed by atoms with Gasteiger partial charge in [0.15, 0.2) is 0 Å². The molecule has 1 unspecified atom stereocenters. The van der Waals surface area contributed by atoms with Gasteiger partial charge in [0.25, 0.3) is 0 Å². The van der Waals surface area contributed by atoms with E-state index in [4.69, 9.17) is 4.74 Å². The maximum Gasteiger partial charge on any atom is 0.407 e. The maximum absolute atomic E-state index is 11.6. The lowest BCUT2D eigenvalue weighted by Gasteiger charge is -2.28. The van der Waals surface area contributed by atoms with Crippen LogP contribution in [0.15, 0.2) is 0 Å². The first-order valence-corrected chi connectivity index (χ1v) is 8.37. The normalized spacial score (nSPS) is 18.9. The van der Waals surface area contributed by atoms with E-state index in [2.05, 4.69) is 17.6 Å². The highest BCUT2D eigenvalue weighted by molar-refractivity contribution is 7.99. The highest BCUT2D eigenvalue weighted by Gasteiger charge is 2.19. The SMILES string of the molecule is CCC(CNC(=O)OC(C)(C)C)NC1CCSCC1. The Bertz CT molecular complexity index is 273. The van der Waals surface area contributed by atoms with Crippen LogP contribution in [-0.4, -0.2) is 41.8 Å². The Morgan fingerprint density at radius 2 is 2.00 bits per heavy atom. The van der Waals surface area contributed by atoms with Crippen molar-refractivity contribution in [1.82, 2.24) is 10.6 Å². The molecule has 0 bridgehead atoms. The van der Waals surface area contributed by atoms with Crippen molar-refractivity contribution in [3.05, 3.63) is 0 Å². The zero-order valence-electron chi connectivity index (χ0n) is 12.6. The van der Waals surface area contributed by atoms with E-state index in [-0.39, 0.29) is 6.09 Å². The Balaban J connectivity index is 2.25. The Hall–Kier alpha value is -0.420. The first kappa shape index (κ1) is 16.6. The molecule has 112 valence electrons. The number of carbonyl (C=O) groups is 1. The number of rotatable bonds is 5. The standard InChI is InChI=1S/C14H28N2O2S/c1-5-11(16-12-6-8-19-9-7-12)10-15-13(17)18-14(2,3)4/h11-12,16H,5-10H2,1-4H3,(H,15,17). The summed E-state index contributed by atoms with van der Waals surface area (Å²) in [6.07, 6.45) is 3.15. The molecule has 1 aliphatic heterocycles. The Kier molecular flexibility index (Phi) is 7.00. The fraction of sp³-hybridized carbons (Fsp3) is 0.929. The molecular formula is C14H28N2O2S. The van der Waals surface area contributed by atoms with E-state index in [1.165, 1.54) is 24.3 Å². The van der Waals surface area contributed by atoms with Crippen LogP contribution in [0, 0.1) is 0 Å². The highest BCUT2D eigenvalue weighted by atomic mass is 32.2. The van der Waals surface area contributed by atoms with E-state index in [0.29, 0.717) is 18.6 Å². The lowest BCUT2D eigenvalue weighted by Crippen LogP contribution is -2.47. The molecule has 0 saturated carbocycles. The smallest absolute Gasteiger partial charge is 0.407 e. The molecule has 0 aliphatic carbocycles. The monoisotopic (exact) mass is 288 g/mol. The van der Waals surface area contributed by atoms with Gasteiger partial charge in [0.1, 0.15) is 5.60 Å². The van der Waals surface area contributed by atoms with E-state index in [1.807, 2.05) is 32.5 Å². The van der Waals surface area contributed by atoms with E-state index in [9.17, 15) is 4.79 Å². The number of hydrogen-bond donors (Lipinski definition) is 2. The highest BCUT2D eigenvalue weighted by Crippen LogP contribution is 2.17. The fourth-order valence-electron chi connectivity index (χ4n) is 2.04. The van der Waals surface area contributed by atoms with Crippen molar-refractivity contribution in [3.63, 3.8) is 0 Å². The number of hydrogen-bond acceptors (Lipinski definition) is 4. The summed E-state index contributed by atoms with van der Waals surface area (Å²) in [6, 6.07) is 0.937. The zero-order valence-corrected chi connectivity index (χ0v) is 13.4. The Morgan fingerprint density at radius 1 is 1.37 bits per heavy atom. The lowest BCUT2D eigenvalue weighted by molar-refractivity contribution is 0.0521. The molecule has 1 saturated heterocycles. The summed E-state index contributed by atoms with van der Waals surface area (Å²) in [7, 11) is 0. The molecule has 0 aromatic rings. The second kappa shape index (κ2) is 8.00. The number of alkyl carbamates (subject to hydrolysis) is 1. The van der Waals surface area contributed by atoms with Gasteiger partial charge >= 0.3 is 6.09 Å². The van der Waals surface area contributed by atoms with Crippen molar-refractivity contribution in [3.8, 4) is 0 Å². The topological polar surface area (TPSA) is 50.4 Å². The molecule has 4 nitrogen and oxygen atoms in total. The van der Waals surface area contributed by atoms with Crippen molar-refractivity contribution < 1.29 is 9.53 Å². The second-order valence-electron chi connectivity index (χ2n) is 6.04. The summed E-state index contributed by atoms with van der Waals surface area (Å²) < 4.78 is 5.24. The summed E-state index contributed by atoms with van der Waals surface area (Å²) in [5, 5.41) is 6.49. The molecular weight excluding hydrogens is 260 g/mol. The lowest BCUT2D eigenvalue weighted by atomic mass is 10.1. The van der Waals surface area contributed by atoms with Gasteiger partial charge in [-0.1, -0.05) is 6.92 Å². The molecule has 1 atom stereocenters. The van der Waals surface area contributed by atoms with Crippen LogP contribution in [0.3, 0.4) is 0 Å². The largest absolute Gasteiger partial charge is 0.444 e. The number of nitrogens with one attached hydrogen (secondary N) is 2. The molecule has 0 aromatic heterocycles. The molecule has 1 fully saturated rings. The minimum absolute atomic E-state index is 0.327. The number of thioether (sulfide) groups is 1. The molecule has 0 aromatic carbocycles. The van der Waals surface area contributed by atoms with Crippen LogP contribution < -0.4 is 10.6 Å². The van der Waals surface area contributed by atoms with Gasteiger partial charge in [0, 0.05) is 18.6 Å². The van der Waals surface area contributed by atoms with E-state index >= 15 is 0 Å². The van der Waals surface area contributed by atoms with Crippen molar-refractivity contribution >= 4 is 17.9 Å². The summed E-state index contributed by atoms with van der Waals surface area (Å²) in [4.78, 5) is 11.6. The predicted octanol–water partition coefficient (Wildman–Crippen LogP) is 2.77. The molecule has 19 heavy (non-hydrogen) atoms. The predicted molar refractivity (Wildman–Crippen MR) is 81.8 cm³/mol. The van der Waals surface area contributed by atoms with Gasteiger partial charge < -0.3 is 15.4 Å². The van der Waals surface area contributed by atoms with Crippen LogP contribution in [0.4, 0.5) is 4.79 Å². The van der Waals surface area contributed by atoms with Crippen LogP contribution in [0.2, 0.25) is 0 Å². The summed E-state index contributed by atoms with van der Waals surface area (Å²) >= 11 is 2.03. The van der Waals surface area contributed by atoms with Crippen molar-refractivity contribution in [2.24, 2.45) is 0 Å². The van der Waals surface area contributed by atoms with Gasteiger partial charge in [-0.3, -0.25) is 0 Å². The number of ether oxygens (including phenoxy) is 1. The van der Waals surface area contributed by atoms with Gasteiger partial charge in [-0.15, -0.1) is 0 Å². The van der Waals surface area contributed by atoms with Crippen LogP contribution in [0.1, 0.15) is 47.0 Å². The van der Waals surface area contributed by atoms with Gasteiger partial charge in [0.2, 0.25) is 0 Å². The van der Waals surface area contributed by atoms with Crippen molar-refractivity contribution in [1.29, 1.82) is 0 Å². The molecule has 0 spiro atoms. The minimum atomic E-state index is -0.431. The average Bonchev–Trinajstić information content (AvgIpc) is 2.33. The fourth-order valence-corrected chi connectivity index (χ4v) is 3.15. The second-order valence-corrected chi connectivity index (χ2v) is 7.27. The summed E-state index contributed by atoms with van der Waals surface area (Å²) in [6.45, 7) is 8.41. The van der Waals surface area contributed by atoms with Crippen LogP contribution in [-0.2, 0) is 4.74 Å². The van der Waals surface area contributed by atoms with Crippen LogP contribution in [0.25, 0.3) is 0 Å². The van der Waals surface area contributed by atoms with E-state index < -0.39 is 5.60 Å². The molecule has 1 rings (SSSR count). The third-order valence-electron chi connectivity index (χ3n) is 3.08. The molecule has 5 heteroatoms. The molecule has 2 N–H and O–H groups in total. The minimum Gasteiger partial charge on any atom is -0.444 e. The number of carbonyl (C=O) groups excluding carboxylic acids is 1. The molecule has 0 radical (unpaired) electrons. The Labute approximate surface area is 121 Å². The van der Waals surface area contributed by atoms with E-state index in [0.717, 1.165) is 6.42 Å². The summed E-state index contributed by atoms with van der Waals surface area (Å²) in [5.41, 5.74) is -0.431. The van der Waals surface area contributed by atoms with Crippen LogP contribution >= 0.6 is 11.8 Å². The van der Waals surface area contributed by atoms with Crippen molar-refractivity contribution in [2.75, 3.05) is 18.1 Å². The Morgan fingerprint density at radius 3 is 2.53 bits per heavy atom.